The van der Waals surface area contributed by atoms with E-state index < -0.39 is 0 Å². The highest BCUT2D eigenvalue weighted by Crippen LogP contribution is 2.24. The molecular formula is C20H28N2O. The zero-order valence-corrected chi connectivity index (χ0v) is 14.4. The first-order chi connectivity index (χ1) is 11.2. The Kier molecular flexibility index (Phi) is 6.95. The number of rotatable bonds is 9. The van der Waals surface area contributed by atoms with Crippen molar-refractivity contribution in [2.24, 2.45) is 0 Å². The third-order valence-electron chi connectivity index (χ3n) is 3.69. The Hall–Kier alpha value is -2.00. The fourth-order valence-corrected chi connectivity index (χ4v) is 2.60. The minimum absolute atomic E-state index is 0.179. The number of ether oxygens (including phenoxy) is 1. The molecule has 0 bridgehead atoms. The van der Waals surface area contributed by atoms with Crippen LogP contribution in [0.5, 0.6) is 5.75 Å². The van der Waals surface area contributed by atoms with Crippen molar-refractivity contribution in [3.63, 3.8) is 0 Å². The van der Waals surface area contributed by atoms with Crippen LogP contribution in [0.1, 0.15) is 38.8 Å². The number of benzene rings is 2. The Balaban J connectivity index is 1.83. The van der Waals surface area contributed by atoms with E-state index in [1.54, 1.807) is 0 Å². The van der Waals surface area contributed by atoms with E-state index in [4.69, 9.17) is 4.74 Å². The molecule has 2 N–H and O–H groups in total. The van der Waals surface area contributed by atoms with Gasteiger partial charge in [-0.05, 0) is 38.0 Å². The normalized spacial score (nSPS) is 12.2. The number of nitrogens with one attached hydrogen (secondary N) is 2. The van der Waals surface area contributed by atoms with Crippen LogP contribution >= 0.6 is 0 Å². The molecule has 1 unspecified atom stereocenters. The van der Waals surface area contributed by atoms with E-state index in [-0.39, 0.29) is 6.10 Å². The predicted octanol–water partition coefficient (Wildman–Crippen LogP) is 4.63. The topological polar surface area (TPSA) is 33.3 Å². The average Bonchev–Trinajstić information content (AvgIpc) is 2.56. The molecule has 1 atom stereocenters. The Morgan fingerprint density at radius 1 is 0.913 bits per heavy atom. The van der Waals surface area contributed by atoms with Gasteiger partial charge in [0.2, 0.25) is 0 Å². The first-order valence-corrected chi connectivity index (χ1v) is 8.48. The summed E-state index contributed by atoms with van der Waals surface area (Å²) in [4.78, 5) is 0. The van der Waals surface area contributed by atoms with Crippen LogP contribution in [0, 0.1) is 0 Å². The largest absolute Gasteiger partial charge is 0.489 e. The predicted molar refractivity (Wildman–Crippen MR) is 98.2 cm³/mol. The highest BCUT2D eigenvalue weighted by molar-refractivity contribution is 5.56. The molecule has 0 aliphatic rings. The first kappa shape index (κ1) is 17.4. The number of para-hydroxylation sites is 2. The van der Waals surface area contributed by atoms with E-state index >= 15 is 0 Å². The van der Waals surface area contributed by atoms with Crippen molar-refractivity contribution in [1.29, 1.82) is 0 Å². The van der Waals surface area contributed by atoms with E-state index in [2.05, 4.69) is 54.0 Å². The van der Waals surface area contributed by atoms with Crippen LogP contribution in [0.3, 0.4) is 0 Å². The fraction of sp³-hybridized carbons (Fsp3) is 0.400. The maximum Gasteiger partial charge on any atom is 0.142 e. The van der Waals surface area contributed by atoms with E-state index in [9.17, 15) is 0 Å². The second-order valence-corrected chi connectivity index (χ2v) is 5.92. The third-order valence-corrected chi connectivity index (χ3v) is 3.69. The quantitative estimate of drug-likeness (QED) is 0.663. The summed E-state index contributed by atoms with van der Waals surface area (Å²) in [7, 11) is 0. The number of hydrogen-bond donors (Lipinski definition) is 2. The minimum Gasteiger partial charge on any atom is -0.489 e. The van der Waals surface area contributed by atoms with Crippen LogP contribution in [0.4, 0.5) is 5.69 Å². The molecule has 2 aromatic carbocycles. The monoisotopic (exact) mass is 312 g/mol. The molecule has 2 rings (SSSR count). The van der Waals surface area contributed by atoms with E-state index in [1.807, 2.05) is 32.0 Å². The van der Waals surface area contributed by atoms with Crippen molar-refractivity contribution in [2.45, 2.75) is 39.3 Å². The lowest BCUT2D eigenvalue weighted by Gasteiger charge is -2.19. The molecular weight excluding hydrogens is 284 g/mol. The molecule has 124 valence electrons. The summed E-state index contributed by atoms with van der Waals surface area (Å²) in [5.41, 5.74) is 2.40. The van der Waals surface area contributed by atoms with E-state index in [1.165, 1.54) is 5.56 Å². The van der Waals surface area contributed by atoms with Gasteiger partial charge in [0.1, 0.15) is 5.75 Å². The van der Waals surface area contributed by atoms with Crippen LogP contribution in [-0.2, 0) is 0 Å². The van der Waals surface area contributed by atoms with Gasteiger partial charge in [-0.15, -0.1) is 0 Å². The smallest absolute Gasteiger partial charge is 0.142 e. The molecule has 0 heterocycles. The highest BCUT2D eigenvalue weighted by Gasteiger charge is 2.08. The van der Waals surface area contributed by atoms with Crippen LogP contribution in [0.25, 0.3) is 0 Å². The first-order valence-electron chi connectivity index (χ1n) is 8.48. The molecule has 23 heavy (non-hydrogen) atoms. The molecule has 0 amide bonds. The Morgan fingerprint density at radius 3 is 2.30 bits per heavy atom. The molecule has 2 aromatic rings. The summed E-state index contributed by atoms with van der Waals surface area (Å²) in [5, 5.41) is 7.07. The summed E-state index contributed by atoms with van der Waals surface area (Å²) in [6.45, 7) is 8.07. The highest BCUT2D eigenvalue weighted by atomic mass is 16.5. The molecule has 0 spiro atoms. The van der Waals surface area contributed by atoms with Gasteiger partial charge in [0, 0.05) is 19.1 Å². The molecule has 0 saturated carbocycles. The summed E-state index contributed by atoms with van der Waals surface area (Å²) in [6, 6.07) is 19.1. The van der Waals surface area contributed by atoms with Crippen LogP contribution in [-0.4, -0.2) is 19.2 Å². The van der Waals surface area contributed by atoms with Crippen LogP contribution in [0.15, 0.2) is 54.6 Å². The van der Waals surface area contributed by atoms with Gasteiger partial charge < -0.3 is 15.4 Å². The van der Waals surface area contributed by atoms with Crippen molar-refractivity contribution in [2.75, 3.05) is 18.4 Å². The Labute approximate surface area is 140 Å². The summed E-state index contributed by atoms with van der Waals surface area (Å²) >= 11 is 0. The summed E-state index contributed by atoms with van der Waals surface area (Å²) in [5.74, 6) is 0.914. The average molecular weight is 312 g/mol. The lowest BCUT2D eigenvalue weighted by Crippen LogP contribution is -2.26. The van der Waals surface area contributed by atoms with Crippen LogP contribution in [0.2, 0.25) is 0 Å². The van der Waals surface area contributed by atoms with Crippen molar-refractivity contribution in [3.05, 3.63) is 60.2 Å². The van der Waals surface area contributed by atoms with Crippen LogP contribution < -0.4 is 15.4 Å². The van der Waals surface area contributed by atoms with E-state index in [0.29, 0.717) is 6.04 Å². The lowest BCUT2D eigenvalue weighted by molar-refractivity contribution is 0.243. The molecule has 3 nitrogen and oxygen atoms in total. The zero-order valence-electron chi connectivity index (χ0n) is 14.4. The molecule has 0 aliphatic carbocycles. The maximum absolute atomic E-state index is 5.83. The molecule has 0 radical (unpaired) electrons. The maximum atomic E-state index is 5.83. The van der Waals surface area contributed by atoms with Gasteiger partial charge in [-0.1, -0.05) is 49.4 Å². The van der Waals surface area contributed by atoms with Gasteiger partial charge >= 0.3 is 0 Å². The molecule has 0 aliphatic heterocycles. The number of anilines is 1. The van der Waals surface area contributed by atoms with E-state index in [0.717, 1.165) is 30.9 Å². The number of hydrogen-bond acceptors (Lipinski definition) is 3. The van der Waals surface area contributed by atoms with Gasteiger partial charge in [0.15, 0.2) is 0 Å². The van der Waals surface area contributed by atoms with Gasteiger partial charge in [-0.2, -0.15) is 0 Å². The molecule has 0 aromatic heterocycles. The van der Waals surface area contributed by atoms with Crippen molar-refractivity contribution >= 4 is 5.69 Å². The Morgan fingerprint density at radius 2 is 1.61 bits per heavy atom. The zero-order chi connectivity index (χ0) is 16.5. The third kappa shape index (κ3) is 5.61. The fourth-order valence-electron chi connectivity index (χ4n) is 2.60. The van der Waals surface area contributed by atoms with Gasteiger partial charge in [0.05, 0.1) is 11.8 Å². The van der Waals surface area contributed by atoms with Crippen molar-refractivity contribution < 1.29 is 4.74 Å². The van der Waals surface area contributed by atoms with Crippen molar-refractivity contribution in [3.8, 4) is 5.75 Å². The minimum atomic E-state index is 0.179. The summed E-state index contributed by atoms with van der Waals surface area (Å²) in [6.07, 6.45) is 1.26. The Bertz CT molecular complexity index is 569. The SMILES string of the molecule is CCC(NCCNc1ccccc1OC(C)C)c1ccccc1. The second-order valence-electron chi connectivity index (χ2n) is 5.92. The van der Waals surface area contributed by atoms with Gasteiger partial charge in [-0.25, -0.2) is 0 Å². The standard InChI is InChI=1S/C20H28N2O/c1-4-18(17-10-6-5-7-11-17)21-14-15-22-19-12-8-9-13-20(19)23-16(2)3/h5-13,16,18,21-22H,4,14-15H2,1-3H3. The second kappa shape index (κ2) is 9.21. The molecule has 0 saturated heterocycles. The van der Waals surface area contributed by atoms with Crippen molar-refractivity contribution in [1.82, 2.24) is 5.32 Å². The van der Waals surface area contributed by atoms with Gasteiger partial charge in [-0.3, -0.25) is 0 Å². The molecule has 3 heteroatoms. The molecule has 0 fully saturated rings. The van der Waals surface area contributed by atoms with Gasteiger partial charge in [0.25, 0.3) is 0 Å². The lowest BCUT2D eigenvalue weighted by atomic mass is 10.0. The summed E-state index contributed by atoms with van der Waals surface area (Å²) < 4.78 is 5.83.